The maximum Gasteiger partial charge on any atom is 0.407 e. The van der Waals surface area contributed by atoms with Crippen LogP contribution in [0.5, 0.6) is 0 Å². The first-order valence-electron chi connectivity index (χ1n) is 14.9. The first-order chi connectivity index (χ1) is 21.4. The van der Waals surface area contributed by atoms with E-state index in [0.29, 0.717) is 48.1 Å². The van der Waals surface area contributed by atoms with Crippen molar-refractivity contribution >= 4 is 28.9 Å². The normalized spacial score (nSPS) is 13.1. The largest absolute Gasteiger partial charge is 0.461 e. The Balaban J connectivity index is 1.27. The molecule has 0 saturated heterocycles. The number of carbonyl (C=O) groups is 2. The molecular formula is C34H37F2N5O4. The first-order valence-corrected chi connectivity index (χ1v) is 14.9. The van der Waals surface area contributed by atoms with E-state index < -0.39 is 29.3 Å². The molecule has 45 heavy (non-hydrogen) atoms. The molecule has 1 amide bonds. The van der Waals surface area contributed by atoms with Crippen LogP contribution in [0.2, 0.25) is 0 Å². The molecule has 0 saturated carbocycles. The fourth-order valence-electron chi connectivity index (χ4n) is 5.33. The molecular weight excluding hydrogens is 580 g/mol. The summed E-state index contributed by atoms with van der Waals surface area (Å²) in [6.45, 7) is 7.51. The van der Waals surface area contributed by atoms with Gasteiger partial charge in [0.2, 0.25) is 5.95 Å². The molecule has 9 nitrogen and oxygen atoms in total. The van der Waals surface area contributed by atoms with E-state index in [1.807, 2.05) is 18.2 Å². The Hall–Kier alpha value is -4.64. The van der Waals surface area contributed by atoms with Gasteiger partial charge in [0.25, 0.3) is 0 Å². The summed E-state index contributed by atoms with van der Waals surface area (Å²) < 4.78 is 39.5. The van der Waals surface area contributed by atoms with Crippen LogP contribution in [-0.2, 0) is 40.5 Å². The molecule has 3 N–H and O–H groups in total. The van der Waals surface area contributed by atoms with Gasteiger partial charge >= 0.3 is 12.1 Å². The van der Waals surface area contributed by atoms with Gasteiger partial charge in [0.05, 0.1) is 11.2 Å². The van der Waals surface area contributed by atoms with Crippen molar-refractivity contribution in [3.05, 3.63) is 88.6 Å². The molecule has 1 aliphatic heterocycles. The fourth-order valence-corrected chi connectivity index (χ4v) is 5.33. The topological polar surface area (TPSA) is 120 Å². The highest BCUT2D eigenvalue weighted by molar-refractivity contribution is 5.87. The smallest absolute Gasteiger partial charge is 0.407 e. The van der Waals surface area contributed by atoms with E-state index in [1.165, 1.54) is 11.1 Å². The number of alkyl carbamates (subject to hydrolysis) is 1. The summed E-state index contributed by atoms with van der Waals surface area (Å²) in [7, 11) is 0. The van der Waals surface area contributed by atoms with Crippen molar-refractivity contribution in [2.75, 3.05) is 12.3 Å². The van der Waals surface area contributed by atoms with Gasteiger partial charge < -0.3 is 20.5 Å². The second-order valence-electron chi connectivity index (χ2n) is 12.1. The van der Waals surface area contributed by atoms with E-state index in [1.54, 1.807) is 32.9 Å². The monoisotopic (exact) mass is 617 g/mol. The standard InChI is InChI=1S/C34H37F2N5O4/c1-34(2,3)45-33(43)38-13-7-6-10-31(42)44-20-24-15-27(35)28(36)16-25(24)21-11-12-29-26(14-21)30(40-32(37)39-29)19-41-17-22-8-4-5-9-23(22)18-41/h4-5,8-9,11-12,14-16H,6-7,10,13,17-20H2,1-3H3,(H,38,43)(H2,37,39,40). The molecule has 0 aliphatic carbocycles. The van der Waals surface area contributed by atoms with Crippen molar-refractivity contribution in [2.24, 2.45) is 0 Å². The number of anilines is 1. The third-order valence-corrected chi connectivity index (χ3v) is 7.39. The van der Waals surface area contributed by atoms with E-state index in [9.17, 15) is 18.4 Å². The molecule has 0 bridgehead atoms. The summed E-state index contributed by atoms with van der Waals surface area (Å²) in [5.74, 6) is -2.38. The third kappa shape index (κ3) is 8.30. The number of amides is 1. The molecule has 1 aromatic heterocycles. The molecule has 5 rings (SSSR count). The van der Waals surface area contributed by atoms with Gasteiger partial charge in [-0.2, -0.15) is 0 Å². The van der Waals surface area contributed by atoms with E-state index in [4.69, 9.17) is 15.2 Å². The summed E-state index contributed by atoms with van der Waals surface area (Å²) in [4.78, 5) is 35.4. The number of hydrogen-bond donors (Lipinski definition) is 2. The van der Waals surface area contributed by atoms with Gasteiger partial charge in [-0.3, -0.25) is 9.69 Å². The SMILES string of the molecule is CC(C)(C)OC(=O)NCCCCC(=O)OCc1cc(F)c(F)cc1-c1ccc2nc(N)nc(CN3Cc4ccccc4C3)c2c1. The summed E-state index contributed by atoms with van der Waals surface area (Å²) in [6, 6.07) is 15.8. The van der Waals surface area contributed by atoms with E-state index in [2.05, 4.69) is 32.3 Å². The average molecular weight is 618 g/mol. The van der Waals surface area contributed by atoms with Crippen LogP contribution in [-0.4, -0.2) is 39.1 Å². The number of benzene rings is 3. The van der Waals surface area contributed by atoms with Crippen LogP contribution in [0.1, 0.15) is 62.4 Å². The lowest BCUT2D eigenvalue weighted by molar-refractivity contribution is -0.145. The Labute approximate surface area is 260 Å². The Morgan fingerprint density at radius 1 is 0.978 bits per heavy atom. The minimum Gasteiger partial charge on any atom is -0.461 e. The molecule has 11 heteroatoms. The highest BCUT2D eigenvalue weighted by Crippen LogP contribution is 2.32. The maximum absolute atomic E-state index is 14.5. The highest BCUT2D eigenvalue weighted by atomic mass is 19.2. The number of nitrogen functional groups attached to an aromatic ring is 1. The summed E-state index contributed by atoms with van der Waals surface area (Å²) in [5.41, 5.74) is 10.7. The molecule has 0 unspecified atom stereocenters. The van der Waals surface area contributed by atoms with Crippen molar-refractivity contribution < 1.29 is 27.8 Å². The van der Waals surface area contributed by atoms with Gasteiger partial charge in [-0.15, -0.1) is 0 Å². The van der Waals surface area contributed by atoms with E-state index >= 15 is 0 Å². The van der Waals surface area contributed by atoms with Crippen molar-refractivity contribution in [1.82, 2.24) is 20.2 Å². The molecule has 0 atom stereocenters. The zero-order valence-electron chi connectivity index (χ0n) is 25.7. The van der Waals surface area contributed by atoms with Crippen LogP contribution in [0.25, 0.3) is 22.0 Å². The van der Waals surface area contributed by atoms with E-state index in [0.717, 1.165) is 36.3 Å². The molecule has 3 aromatic carbocycles. The zero-order valence-corrected chi connectivity index (χ0v) is 25.7. The van der Waals surface area contributed by atoms with Gasteiger partial charge in [-0.05, 0) is 80.1 Å². The lowest BCUT2D eigenvalue weighted by atomic mass is 9.97. The van der Waals surface area contributed by atoms with Gasteiger partial charge in [0.1, 0.15) is 12.2 Å². The molecule has 0 fully saturated rings. The summed E-state index contributed by atoms with van der Waals surface area (Å²) in [5, 5.41) is 3.38. The highest BCUT2D eigenvalue weighted by Gasteiger charge is 2.21. The molecule has 236 valence electrons. The van der Waals surface area contributed by atoms with Gasteiger partial charge in [0, 0.05) is 43.5 Å². The number of rotatable bonds is 10. The number of halogens is 2. The van der Waals surface area contributed by atoms with Crippen LogP contribution in [0.15, 0.2) is 54.6 Å². The molecule has 2 heterocycles. The van der Waals surface area contributed by atoms with Crippen molar-refractivity contribution in [3.8, 4) is 11.1 Å². The number of esters is 1. The Bertz CT molecular complexity index is 1700. The Morgan fingerprint density at radius 2 is 1.69 bits per heavy atom. The number of fused-ring (bicyclic) bond motifs is 2. The van der Waals surface area contributed by atoms with Gasteiger partial charge in [-0.1, -0.05) is 30.3 Å². The average Bonchev–Trinajstić information content (AvgIpc) is 3.38. The molecule has 0 spiro atoms. The van der Waals surface area contributed by atoms with Crippen molar-refractivity contribution in [3.63, 3.8) is 0 Å². The number of nitrogens with one attached hydrogen (secondary N) is 1. The predicted molar refractivity (Wildman–Crippen MR) is 167 cm³/mol. The minimum atomic E-state index is -1.04. The van der Waals surface area contributed by atoms with Crippen LogP contribution in [0.3, 0.4) is 0 Å². The number of nitrogens with zero attached hydrogens (tertiary/aromatic N) is 3. The van der Waals surface area contributed by atoms with Crippen LogP contribution in [0, 0.1) is 11.6 Å². The first kappa shape index (κ1) is 31.8. The summed E-state index contributed by atoms with van der Waals surface area (Å²) in [6.07, 6.45) is 0.597. The second kappa shape index (κ2) is 13.6. The minimum absolute atomic E-state index is 0.105. The number of aromatic nitrogens is 2. The number of unbranched alkanes of at least 4 members (excludes halogenated alkanes) is 1. The fraction of sp³-hybridized carbons (Fsp3) is 0.353. The van der Waals surface area contributed by atoms with Gasteiger partial charge in [0.15, 0.2) is 11.6 Å². The zero-order chi connectivity index (χ0) is 32.1. The third-order valence-electron chi connectivity index (χ3n) is 7.39. The molecule has 1 aliphatic rings. The molecule has 4 aromatic rings. The lowest BCUT2D eigenvalue weighted by Crippen LogP contribution is -2.33. The van der Waals surface area contributed by atoms with E-state index in [-0.39, 0.29) is 19.0 Å². The lowest BCUT2D eigenvalue weighted by Gasteiger charge is -2.19. The van der Waals surface area contributed by atoms with Crippen molar-refractivity contribution in [1.29, 1.82) is 0 Å². The summed E-state index contributed by atoms with van der Waals surface area (Å²) >= 11 is 0. The van der Waals surface area contributed by atoms with Crippen LogP contribution < -0.4 is 11.1 Å². The number of carbonyl (C=O) groups excluding carboxylic acids is 2. The number of ether oxygens (including phenoxy) is 2. The van der Waals surface area contributed by atoms with Crippen LogP contribution >= 0.6 is 0 Å². The maximum atomic E-state index is 14.5. The predicted octanol–water partition coefficient (Wildman–Crippen LogP) is 6.41. The van der Waals surface area contributed by atoms with Crippen molar-refractivity contribution in [2.45, 2.75) is 71.9 Å². The Kier molecular flexibility index (Phi) is 9.57. The number of hydrogen-bond acceptors (Lipinski definition) is 8. The quantitative estimate of drug-likeness (QED) is 0.155. The van der Waals surface area contributed by atoms with Crippen LogP contribution in [0.4, 0.5) is 19.5 Å². The molecule has 0 radical (unpaired) electrons. The number of nitrogens with two attached hydrogens (primary N) is 1. The van der Waals surface area contributed by atoms with Gasteiger partial charge in [-0.25, -0.2) is 23.5 Å². The Morgan fingerprint density at radius 3 is 2.40 bits per heavy atom. The second-order valence-corrected chi connectivity index (χ2v) is 12.1.